The molecular weight excluding hydrogens is 506 g/mol. The topological polar surface area (TPSA) is 3.24 Å². The zero-order valence-electron chi connectivity index (χ0n) is 30.7. The number of unbranched alkanes of at least 4 members (excludes halogenated alkanes) is 29. The van der Waals surface area contributed by atoms with E-state index in [1.54, 1.807) is 0 Å². The molecule has 0 aliphatic rings. The minimum atomic E-state index is 0.374. The third-order valence-electron chi connectivity index (χ3n) is 10.1. The molecule has 0 heterocycles. The Hall–Kier alpha value is -0.0400. The van der Waals surface area contributed by atoms with Crippen LogP contribution in [0.5, 0.6) is 0 Å². The van der Waals surface area contributed by atoms with Crippen molar-refractivity contribution in [1.29, 1.82) is 0 Å². The maximum absolute atomic E-state index is 2.91. The van der Waals surface area contributed by atoms with Crippen LogP contribution >= 0.6 is 0 Å². The highest BCUT2D eigenvalue weighted by atomic mass is 15.2. The van der Waals surface area contributed by atoms with Gasteiger partial charge in [0, 0.05) is 5.54 Å². The Labute approximate surface area is 269 Å². The quantitative estimate of drug-likeness (QED) is 0.0655. The zero-order valence-corrected chi connectivity index (χ0v) is 30.7. The average Bonchev–Trinajstić information content (AvgIpc) is 2.98. The van der Waals surface area contributed by atoms with Gasteiger partial charge in [-0.25, -0.2) is 0 Å². The van der Waals surface area contributed by atoms with E-state index in [0.29, 0.717) is 5.54 Å². The molecule has 254 valence electrons. The lowest BCUT2D eigenvalue weighted by atomic mass is 9.93. The van der Waals surface area contributed by atoms with Gasteiger partial charge in [-0.1, -0.05) is 213 Å². The minimum Gasteiger partial charge on any atom is -0.298 e. The second kappa shape index (κ2) is 33.8. The Morgan fingerprint density at radius 3 is 0.762 bits per heavy atom. The monoisotopic (exact) mass is 592 g/mol. The molecule has 42 heavy (non-hydrogen) atoms. The highest BCUT2D eigenvalue weighted by Gasteiger charge is 2.25. The Kier molecular flexibility index (Phi) is 33.8. The molecule has 0 aliphatic carbocycles. The van der Waals surface area contributed by atoms with Gasteiger partial charge in [-0.15, -0.1) is 0 Å². The van der Waals surface area contributed by atoms with E-state index in [4.69, 9.17) is 0 Å². The molecule has 1 heteroatoms. The molecule has 0 fully saturated rings. The molecule has 0 aliphatic heterocycles. The van der Waals surface area contributed by atoms with Crippen LogP contribution in [0.4, 0.5) is 0 Å². The molecule has 1 nitrogen and oxygen atoms in total. The summed E-state index contributed by atoms with van der Waals surface area (Å²) >= 11 is 0. The van der Waals surface area contributed by atoms with Crippen LogP contribution in [0.3, 0.4) is 0 Å². The van der Waals surface area contributed by atoms with Gasteiger partial charge in [0.2, 0.25) is 0 Å². The molecule has 0 bridgehead atoms. The Balaban J connectivity index is 4.11. The molecule has 0 saturated carbocycles. The fraction of sp³-hybridized carbons (Fsp3) is 1.00. The number of rotatable bonds is 36. The maximum Gasteiger partial charge on any atom is 0.0153 e. The fourth-order valence-corrected chi connectivity index (χ4v) is 6.85. The largest absolute Gasteiger partial charge is 0.298 e. The number of hydrogen-bond acceptors (Lipinski definition) is 1. The highest BCUT2D eigenvalue weighted by molar-refractivity contribution is 4.81. The lowest BCUT2D eigenvalue weighted by molar-refractivity contribution is 0.102. The smallest absolute Gasteiger partial charge is 0.0153 e. The average molecular weight is 592 g/mol. The van der Waals surface area contributed by atoms with Crippen molar-refractivity contribution in [3.8, 4) is 0 Å². The van der Waals surface area contributed by atoms with Gasteiger partial charge in [0.25, 0.3) is 0 Å². The van der Waals surface area contributed by atoms with E-state index < -0.39 is 0 Å². The minimum absolute atomic E-state index is 0.374. The van der Waals surface area contributed by atoms with E-state index in [1.807, 2.05) is 0 Å². The summed E-state index contributed by atoms with van der Waals surface area (Å²) in [4.78, 5) is 2.91. The van der Waals surface area contributed by atoms with E-state index in [9.17, 15) is 0 Å². The van der Waals surface area contributed by atoms with Crippen molar-refractivity contribution in [3.63, 3.8) is 0 Å². The van der Waals surface area contributed by atoms with Crippen molar-refractivity contribution in [2.45, 2.75) is 252 Å². The van der Waals surface area contributed by atoms with Crippen LogP contribution in [0.25, 0.3) is 0 Å². The van der Waals surface area contributed by atoms with Gasteiger partial charge in [0.1, 0.15) is 0 Å². The molecule has 0 aromatic carbocycles. The first-order valence-corrected chi connectivity index (χ1v) is 20.3. The van der Waals surface area contributed by atoms with Crippen molar-refractivity contribution in [2.24, 2.45) is 0 Å². The van der Waals surface area contributed by atoms with Gasteiger partial charge in [0.05, 0.1) is 0 Å². The molecule has 0 amide bonds. The first-order valence-electron chi connectivity index (χ1n) is 20.3. The van der Waals surface area contributed by atoms with E-state index in [0.717, 1.165) is 0 Å². The van der Waals surface area contributed by atoms with Crippen LogP contribution in [0.15, 0.2) is 0 Å². The van der Waals surface area contributed by atoms with Crippen molar-refractivity contribution < 1.29 is 0 Å². The Morgan fingerprint density at radius 2 is 0.500 bits per heavy atom. The molecule has 0 aromatic rings. The summed E-state index contributed by atoms with van der Waals surface area (Å²) in [6.07, 6.45) is 47.7. The third kappa shape index (κ3) is 30.0. The molecular formula is C41H85N. The molecule has 0 rings (SSSR count). The second-order valence-corrected chi connectivity index (χ2v) is 14.8. The first-order chi connectivity index (χ1) is 20.6. The molecule has 0 radical (unpaired) electrons. The van der Waals surface area contributed by atoms with Crippen LogP contribution in [0, 0.1) is 0 Å². The molecule has 0 unspecified atom stereocenters. The van der Waals surface area contributed by atoms with Crippen LogP contribution in [-0.4, -0.2) is 23.5 Å². The Bertz CT molecular complexity index is 453. The van der Waals surface area contributed by atoms with Crippen molar-refractivity contribution in [1.82, 2.24) is 4.90 Å². The SMILES string of the molecule is CCCCCCCCCCCCCCCN(CCCCCCCCCCCCCCC)C(C)(C)CCCCCCCC. The number of hydrogen-bond donors (Lipinski definition) is 0. The summed E-state index contributed by atoms with van der Waals surface area (Å²) in [6, 6.07) is 0. The number of nitrogens with zero attached hydrogens (tertiary/aromatic N) is 1. The summed E-state index contributed by atoms with van der Waals surface area (Å²) in [5.41, 5.74) is 0.374. The standard InChI is InChI=1S/C41H85N/c1-6-9-12-15-18-20-22-24-26-28-30-33-36-39-42(41(4,5)38-35-32-17-14-11-8-3)40-37-34-31-29-27-25-23-21-19-16-13-10-7-2/h6-40H2,1-5H3. The summed E-state index contributed by atoms with van der Waals surface area (Å²) in [5, 5.41) is 0. The summed E-state index contributed by atoms with van der Waals surface area (Å²) < 4.78 is 0. The second-order valence-electron chi connectivity index (χ2n) is 14.8. The van der Waals surface area contributed by atoms with Gasteiger partial charge in [-0.3, -0.25) is 4.90 Å². The van der Waals surface area contributed by atoms with Crippen LogP contribution < -0.4 is 0 Å². The van der Waals surface area contributed by atoms with Gasteiger partial charge >= 0.3 is 0 Å². The first kappa shape index (κ1) is 42.0. The maximum atomic E-state index is 2.91. The Morgan fingerprint density at radius 1 is 0.286 bits per heavy atom. The molecule has 0 N–H and O–H groups in total. The zero-order chi connectivity index (χ0) is 30.8. The van der Waals surface area contributed by atoms with Crippen LogP contribution in [0.2, 0.25) is 0 Å². The highest BCUT2D eigenvalue weighted by Crippen LogP contribution is 2.25. The van der Waals surface area contributed by atoms with Crippen molar-refractivity contribution >= 4 is 0 Å². The summed E-state index contributed by atoms with van der Waals surface area (Å²) in [5.74, 6) is 0. The van der Waals surface area contributed by atoms with Crippen molar-refractivity contribution in [2.75, 3.05) is 13.1 Å². The van der Waals surface area contributed by atoms with Crippen LogP contribution in [0.1, 0.15) is 247 Å². The van der Waals surface area contributed by atoms with Crippen molar-refractivity contribution in [3.05, 3.63) is 0 Å². The van der Waals surface area contributed by atoms with Gasteiger partial charge in [-0.2, -0.15) is 0 Å². The summed E-state index contributed by atoms with van der Waals surface area (Å²) in [6.45, 7) is 14.7. The normalized spacial score (nSPS) is 12.1. The van der Waals surface area contributed by atoms with E-state index >= 15 is 0 Å². The van der Waals surface area contributed by atoms with E-state index in [2.05, 4.69) is 39.5 Å². The predicted molar refractivity (Wildman–Crippen MR) is 195 cm³/mol. The van der Waals surface area contributed by atoms with Gasteiger partial charge < -0.3 is 0 Å². The van der Waals surface area contributed by atoms with Gasteiger partial charge in [0.15, 0.2) is 0 Å². The molecule has 0 saturated heterocycles. The van der Waals surface area contributed by atoms with E-state index in [1.165, 1.54) is 225 Å². The molecule has 0 atom stereocenters. The predicted octanol–water partition coefficient (Wildman–Crippen LogP) is 15.0. The van der Waals surface area contributed by atoms with Crippen LogP contribution in [-0.2, 0) is 0 Å². The van der Waals surface area contributed by atoms with E-state index in [-0.39, 0.29) is 0 Å². The third-order valence-corrected chi connectivity index (χ3v) is 10.1. The molecule has 0 spiro atoms. The molecule has 0 aromatic heterocycles. The summed E-state index contributed by atoms with van der Waals surface area (Å²) in [7, 11) is 0. The fourth-order valence-electron chi connectivity index (χ4n) is 6.85. The lowest BCUT2D eigenvalue weighted by Crippen LogP contribution is -2.45. The lowest BCUT2D eigenvalue weighted by Gasteiger charge is -2.39. The van der Waals surface area contributed by atoms with Gasteiger partial charge in [-0.05, 0) is 46.2 Å².